The van der Waals surface area contributed by atoms with E-state index in [4.69, 9.17) is 24.0 Å². The summed E-state index contributed by atoms with van der Waals surface area (Å²) in [7, 11) is 4.44. The Morgan fingerprint density at radius 1 is 1.05 bits per heavy atom. The summed E-state index contributed by atoms with van der Waals surface area (Å²) in [5, 5.41) is 0. The highest BCUT2D eigenvalue weighted by molar-refractivity contribution is 5.90. The van der Waals surface area contributed by atoms with Crippen LogP contribution in [0, 0.1) is 5.92 Å². The first-order chi connectivity index (χ1) is 9.53. The number of rotatable bonds is 7. The van der Waals surface area contributed by atoms with Gasteiger partial charge in [-0.1, -0.05) is 13.8 Å². The van der Waals surface area contributed by atoms with E-state index in [-0.39, 0.29) is 11.5 Å². The van der Waals surface area contributed by atoms with Gasteiger partial charge in [-0.2, -0.15) is 4.89 Å². The molecule has 0 aliphatic carbocycles. The van der Waals surface area contributed by atoms with Crippen molar-refractivity contribution in [3.63, 3.8) is 0 Å². The average molecular weight is 284 g/mol. The normalized spacial score (nSPS) is 10.3. The largest absolute Gasteiger partial charge is 0.493 e. The molecule has 0 spiro atoms. The Hall–Kier alpha value is -1.95. The van der Waals surface area contributed by atoms with Crippen LogP contribution in [0.4, 0.5) is 0 Å². The van der Waals surface area contributed by atoms with E-state index in [0.29, 0.717) is 23.9 Å². The summed E-state index contributed by atoms with van der Waals surface area (Å²) >= 11 is 0. The molecule has 0 aliphatic heterocycles. The van der Waals surface area contributed by atoms with Crippen LogP contribution in [0.25, 0.3) is 0 Å². The Morgan fingerprint density at radius 2 is 1.60 bits per heavy atom. The van der Waals surface area contributed by atoms with Gasteiger partial charge in [0.25, 0.3) is 0 Å². The van der Waals surface area contributed by atoms with E-state index in [1.165, 1.54) is 33.5 Å². The Balaban J connectivity index is 2.92. The summed E-state index contributed by atoms with van der Waals surface area (Å²) in [4.78, 5) is 21.4. The van der Waals surface area contributed by atoms with Crippen molar-refractivity contribution in [1.29, 1.82) is 0 Å². The number of carbonyl (C=O) groups excluding carboxylic acids is 1. The number of hydrogen-bond donors (Lipinski definition) is 0. The average Bonchev–Trinajstić information content (AvgIpc) is 2.44. The maximum Gasteiger partial charge on any atom is 0.373 e. The lowest BCUT2D eigenvalue weighted by molar-refractivity contribution is -0.246. The second-order valence-corrected chi connectivity index (χ2v) is 4.46. The lowest BCUT2D eigenvalue weighted by Gasteiger charge is -2.13. The third-order valence-corrected chi connectivity index (χ3v) is 2.44. The van der Waals surface area contributed by atoms with Crippen molar-refractivity contribution < 1.29 is 28.8 Å². The smallest absolute Gasteiger partial charge is 0.373 e. The summed E-state index contributed by atoms with van der Waals surface area (Å²) in [5.41, 5.74) is 0.253. The Kier molecular flexibility index (Phi) is 6.11. The maximum absolute atomic E-state index is 11.9. The first kappa shape index (κ1) is 16.1. The standard InChI is InChI=1S/C14H20O6/c1-9(2)8-19-20-14(15)10-6-11(16-3)13(18-5)12(7-10)17-4/h6-7,9H,8H2,1-5H3. The highest BCUT2D eigenvalue weighted by atomic mass is 17.2. The molecule has 1 rings (SSSR count). The summed E-state index contributed by atoms with van der Waals surface area (Å²) in [5.74, 6) is 0.813. The van der Waals surface area contributed by atoms with Crippen LogP contribution < -0.4 is 14.2 Å². The molecule has 0 radical (unpaired) electrons. The Morgan fingerprint density at radius 3 is 2.00 bits per heavy atom. The summed E-state index contributed by atoms with van der Waals surface area (Å²) in [6.45, 7) is 4.23. The molecule has 0 aromatic heterocycles. The van der Waals surface area contributed by atoms with Crippen LogP contribution in [0.15, 0.2) is 12.1 Å². The molecule has 112 valence electrons. The molecule has 0 saturated heterocycles. The van der Waals surface area contributed by atoms with Crippen molar-refractivity contribution >= 4 is 5.97 Å². The maximum atomic E-state index is 11.9. The molecule has 0 N–H and O–H groups in total. The molecule has 1 aromatic carbocycles. The third-order valence-electron chi connectivity index (χ3n) is 2.44. The zero-order valence-electron chi connectivity index (χ0n) is 12.4. The summed E-state index contributed by atoms with van der Waals surface area (Å²) in [6, 6.07) is 3.00. The predicted octanol–water partition coefficient (Wildman–Crippen LogP) is 2.46. The molecule has 6 nitrogen and oxygen atoms in total. The molecule has 0 heterocycles. The Bertz CT molecular complexity index is 430. The van der Waals surface area contributed by atoms with Crippen molar-refractivity contribution in [2.75, 3.05) is 27.9 Å². The van der Waals surface area contributed by atoms with Crippen molar-refractivity contribution in [2.24, 2.45) is 5.92 Å². The summed E-state index contributed by atoms with van der Waals surface area (Å²) in [6.07, 6.45) is 0. The molecule has 0 unspecified atom stereocenters. The number of hydrogen-bond acceptors (Lipinski definition) is 6. The quantitative estimate of drug-likeness (QED) is 0.566. The monoisotopic (exact) mass is 284 g/mol. The van der Waals surface area contributed by atoms with Crippen molar-refractivity contribution in [3.8, 4) is 17.2 Å². The SMILES string of the molecule is COc1cc(C(=O)OOCC(C)C)cc(OC)c1OC. The lowest BCUT2D eigenvalue weighted by atomic mass is 10.2. The van der Waals surface area contributed by atoms with Gasteiger partial charge in [0, 0.05) is 0 Å². The van der Waals surface area contributed by atoms with Crippen LogP contribution >= 0.6 is 0 Å². The van der Waals surface area contributed by atoms with E-state index >= 15 is 0 Å². The summed E-state index contributed by atoms with van der Waals surface area (Å²) < 4.78 is 15.5. The van der Waals surface area contributed by atoms with Crippen LogP contribution in [0.3, 0.4) is 0 Å². The number of carbonyl (C=O) groups is 1. The molecule has 1 aromatic rings. The third kappa shape index (κ3) is 4.03. The van der Waals surface area contributed by atoms with Gasteiger partial charge >= 0.3 is 5.97 Å². The molecule has 20 heavy (non-hydrogen) atoms. The fourth-order valence-electron chi connectivity index (χ4n) is 1.47. The van der Waals surface area contributed by atoms with Crippen LogP contribution in [0.2, 0.25) is 0 Å². The highest BCUT2D eigenvalue weighted by Crippen LogP contribution is 2.38. The predicted molar refractivity (Wildman–Crippen MR) is 72.3 cm³/mol. The molecular weight excluding hydrogens is 264 g/mol. The first-order valence-corrected chi connectivity index (χ1v) is 6.17. The molecule has 0 bridgehead atoms. The van der Waals surface area contributed by atoms with E-state index in [9.17, 15) is 4.79 Å². The molecule has 0 aliphatic rings. The van der Waals surface area contributed by atoms with Crippen LogP contribution in [-0.4, -0.2) is 33.9 Å². The molecule has 0 amide bonds. The highest BCUT2D eigenvalue weighted by Gasteiger charge is 2.18. The fraction of sp³-hybridized carbons (Fsp3) is 0.500. The van der Waals surface area contributed by atoms with Crippen LogP contribution in [-0.2, 0) is 9.78 Å². The molecule has 6 heteroatoms. The van der Waals surface area contributed by atoms with E-state index in [2.05, 4.69) is 0 Å². The number of benzene rings is 1. The fourth-order valence-corrected chi connectivity index (χ4v) is 1.47. The lowest BCUT2D eigenvalue weighted by Crippen LogP contribution is -2.10. The van der Waals surface area contributed by atoms with Gasteiger partial charge in [-0.25, -0.2) is 4.79 Å². The zero-order valence-corrected chi connectivity index (χ0v) is 12.4. The minimum atomic E-state index is -0.620. The van der Waals surface area contributed by atoms with Crippen molar-refractivity contribution in [2.45, 2.75) is 13.8 Å². The van der Waals surface area contributed by atoms with Crippen LogP contribution in [0.1, 0.15) is 24.2 Å². The zero-order chi connectivity index (χ0) is 15.1. The van der Waals surface area contributed by atoms with Gasteiger partial charge < -0.3 is 14.2 Å². The van der Waals surface area contributed by atoms with Gasteiger partial charge in [-0.05, 0) is 18.1 Å². The van der Waals surface area contributed by atoms with Crippen molar-refractivity contribution in [3.05, 3.63) is 17.7 Å². The minimum Gasteiger partial charge on any atom is -0.493 e. The number of methoxy groups -OCH3 is 3. The van der Waals surface area contributed by atoms with Gasteiger partial charge in [0.05, 0.1) is 33.5 Å². The van der Waals surface area contributed by atoms with Gasteiger partial charge in [0.1, 0.15) is 0 Å². The topological polar surface area (TPSA) is 63.2 Å². The molecule has 0 saturated carbocycles. The van der Waals surface area contributed by atoms with Gasteiger partial charge in [-0.3, -0.25) is 4.89 Å². The second-order valence-electron chi connectivity index (χ2n) is 4.46. The second kappa shape index (κ2) is 7.59. The van der Waals surface area contributed by atoms with E-state index in [1.54, 1.807) is 0 Å². The van der Waals surface area contributed by atoms with E-state index in [0.717, 1.165) is 0 Å². The molecule has 0 atom stereocenters. The molecular formula is C14H20O6. The minimum absolute atomic E-state index is 0.253. The van der Waals surface area contributed by atoms with Gasteiger partial charge in [0.2, 0.25) is 5.75 Å². The van der Waals surface area contributed by atoms with E-state index < -0.39 is 5.97 Å². The van der Waals surface area contributed by atoms with E-state index in [1.807, 2.05) is 13.8 Å². The number of ether oxygens (including phenoxy) is 3. The Labute approximate surface area is 118 Å². The van der Waals surface area contributed by atoms with Crippen LogP contribution in [0.5, 0.6) is 17.2 Å². The first-order valence-electron chi connectivity index (χ1n) is 6.17. The van der Waals surface area contributed by atoms with Crippen molar-refractivity contribution in [1.82, 2.24) is 0 Å². The van der Waals surface area contributed by atoms with Gasteiger partial charge in [-0.15, -0.1) is 0 Å². The molecule has 0 fully saturated rings. The van der Waals surface area contributed by atoms with Gasteiger partial charge in [0.15, 0.2) is 11.5 Å².